The predicted octanol–water partition coefficient (Wildman–Crippen LogP) is 2.10. The monoisotopic (exact) mass is 350 g/mol. The molecule has 8 heteroatoms. The molecule has 1 aliphatic rings. The molecule has 2 aromatic carbocycles. The molecule has 0 radical (unpaired) electrons. The lowest BCUT2D eigenvalue weighted by atomic mass is 10.2. The summed E-state index contributed by atoms with van der Waals surface area (Å²) < 4.78 is 29.7. The van der Waals surface area contributed by atoms with Gasteiger partial charge in [0, 0.05) is 13.1 Å². The van der Waals surface area contributed by atoms with E-state index in [1.165, 1.54) is 12.1 Å². The minimum atomic E-state index is -0.316. The summed E-state index contributed by atoms with van der Waals surface area (Å²) in [5, 5.41) is 10.9. The number of fused-ring (bicyclic) bond motifs is 1. The molecule has 0 aliphatic carbocycles. The van der Waals surface area contributed by atoms with Crippen LogP contribution in [-0.2, 0) is 4.79 Å². The molecule has 0 fully saturated rings. The number of benzene rings is 2. The van der Waals surface area contributed by atoms with Crippen LogP contribution in [0.25, 0.3) is 0 Å². The molecule has 25 heavy (non-hydrogen) atoms. The average molecular weight is 350 g/mol. The number of hydrogen-bond acceptors (Lipinski definition) is 6. The molecule has 0 aromatic heterocycles. The summed E-state index contributed by atoms with van der Waals surface area (Å²) in [4.78, 5) is 9.06. The second-order valence-electron chi connectivity index (χ2n) is 4.98. The predicted molar refractivity (Wildman–Crippen MR) is 87.7 cm³/mol. The Bertz CT molecular complexity index is 681. The van der Waals surface area contributed by atoms with Gasteiger partial charge in [0.05, 0.1) is 6.54 Å². The van der Waals surface area contributed by atoms with E-state index in [4.69, 9.17) is 24.2 Å². The van der Waals surface area contributed by atoms with Crippen molar-refractivity contribution in [3.63, 3.8) is 0 Å². The minimum Gasteiger partial charge on any atom is -0.486 e. The first-order valence-electron chi connectivity index (χ1n) is 7.51. The zero-order chi connectivity index (χ0) is 18.1. The zero-order valence-electron chi connectivity index (χ0n) is 13.6. The first-order valence-corrected chi connectivity index (χ1v) is 7.51. The average Bonchev–Trinajstić information content (AvgIpc) is 2.64. The van der Waals surface area contributed by atoms with Gasteiger partial charge in [-0.15, -0.1) is 0 Å². The van der Waals surface area contributed by atoms with Crippen molar-refractivity contribution >= 4 is 6.41 Å². The highest BCUT2D eigenvalue weighted by Gasteiger charge is 2.21. The summed E-state index contributed by atoms with van der Waals surface area (Å²) in [6.07, 6.45) is 0.351. The molecule has 1 aliphatic heterocycles. The van der Waals surface area contributed by atoms with Gasteiger partial charge < -0.3 is 24.7 Å². The molecule has 3 N–H and O–H groups in total. The van der Waals surface area contributed by atoms with Crippen LogP contribution in [0.2, 0.25) is 0 Å². The molecular formula is C17H19FN2O5. The third kappa shape index (κ3) is 5.63. The van der Waals surface area contributed by atoms with Gasteiger partial charge in [0.2, 0.25) is 6.41 Å². The van der Waals surface area contributed by atoms with Gasteiger partial charge in [0.15, 0.2) is 11.5 Å². The lowest BCUT2D eigenvalue weighted by molar-refractivity contribution is -0.109. The minimum absolute atomic E-state index is 0.266. The topological polar surface area (TPSA) is 89.1 Å². The summed E-state index contributed by atoms with van der Waals surface area (Å²) in [6, 6.07) is 10.9. The van der Waals surface area contributed by atoms with Gasteiger partial charge in [-0.25, -0.2) is 9.87 Å². The molecule has 134 valence electrons. The quantitative estimate of drug-likeness (QED) is 0.565. The summed E-state index contributed by atoms with van der Waals surface area (Å²) in [5.74, 6) is 1.93. The second-order valence-corrected chi connectivity index (χ2v) is 4.98. The highest BCUT2D eigenvalue weighted by atomic mass is 19.1. The van der Waals surface area contributed by atoms with Crippen molar-refractivity contribution in [2.24, 2.45) is 0 Å². The molecule has 3 rings (SSSR count). The van der Waals surface area contributed by atoms with E-state index in [-0.39, 0.29) is 18.5 Å². The van der Waals surface area contributed by atoms with Crippen LogP contribution < -0.4 is 25.0 Å². The molecule has 0 spiro atoms. The molecule has 1 unspecified atom stereocenters. The SMILES string of the molecule is CNC=O.ONCC1COc2ccc(Oc3ccc(F)cc3)cc2O1. The number of carbonyl (C=O) groups excluding carboxylic acids is 1. The lowest BCUT2D eigenvalue weighted by Crippen LogP contribution is -2.37. The summed E-state index contributed by atoms with van der Waals surface area (Å²) >= 11 is 0. The van der Waals surface area contributed by atoms with Gasteiger partial charge in [-0.05, 0) is 36.4 Å². The summed E-state index contributed by atoms with van der Waals surface area (Å²) in [6.45, 7) is 0.626. The summed E-state index contributed by atoms with van der Waals surface area (Å²) in [7, 11) is 1.56. The van der Waals surface area contributed by atoms with Crippen LogP contribution in [0.3, 0.4) is 0 Å². The third-order valence-electron chi connectivity index (χ3n) is 3.12. The Labute approximate surface area is 144 Å². The van der Waals surface area contributed by atoms with E-state index in [9.17, 15) is 4.39 Å². The van der Waals surface area contributed by atoms with Crippen LogP contribution in [0.5, 0.6) is 23.0 Å². The Hall–Kier alpha value is -2.84. The number of hydroxylamine groups is 1. The smallest absolute Gasteiger partial charge is 0.206 e. The highest BCUT2D eigenvalue weighted by Crippen LogP contribution is 2.36. The molecule has 0 saturated carbocycles. The van der Waals surface area contributed by atoms with Crippen molar-refractivity contribution in [1.82, 2.24) is 10.8 Å². The first-order chi connectivity index (χ1) is 12.2. The molecular weight excluding hydrogens is 331 g/mol. The van der Waals surface area contributed by atoms with Crippen molar-refractivity contribution in [3.8, 4) is 23.0 Å². The van der Waals surface area contributed by atoms with Crippen molar-refractivity contribution in [3.05, 3.63) is 48.3 Å². The standard InChI is InChI=1S/C15H14FNO4.C2H5NO/c16-10-1-3-11(4-2-10)20-12-5-6-14-15(7-12)21-13(8-17-18)9-19-14;1-3-2-4/h1-7,13,17-18H,8-9H2;2H,1H3,(H,3,4). The van der Waals surface area contributed by atoms with E-state index in [0.717, 1.165) is 0 Å². The Morgan fingerprint density at radius 3 is 2.56 bits per heavy atom. The summed E-state index contributed by atoms with van der Waals surface area (Å²) in [5.41, 5.74) is 2.06. The van der Waals surface area contributed by atoms with Gasteiger partial charge in [0.25, 0.3) is 0 Å². The molecule has 1 amide bonds. The van der Waals surface area contributed by atoms with Gasteiger partial charge in [0.1, 0.15) is 30.0 Å². The largest absolute Gasteiger partial charge is 0.486 e. The van der Waals surface area contributed by atoms with E-state index in [0.29, 0.717) is 36.0 Å². The second kappa shape index (κ2) is 9.45. The van der Waals surface area contributed by atoms with E-state index in [1.807, 2.05) is 0 Å². The number of ether oxygens (including phenoxy) is 3. The fraction of sp³-hybridized carbons (Fsp3) is 0.235. The van der Waals surface area contributed by atoms with Crippen molar-refractivity contribution in [1.29, 1.82) is 0 Å². The van der Waals surface area contributed by atoms with Crippen LogP contribution in [0.15, 0.2) is 42.5 Å². The van der Waals surface area contributed by atoms with Crippen molar-refractivity contribution in [2.45, 2.75) is 6.10 Å². The van der Waals surface area contributed by atoms with E-state index >= 15 is 0 Å². The van der Waals surface area contributed by atoms with Crippen LogP contribution in [0.1, 0.15) is 0 Å². The Kier molecular flexibility index (Phi) is 7.00. The normalized spacial score (nSPS) is 14.8. The van der Waals surface area contributed by atoms with Crippen LogP contribution in [0.4, 0.5) is 4.39 Å². The van der Waals surface area contributed by atoms with Gasteiger partial charge in [-0.1, -0.05) is 0 Å². The van der Waals surface area contributed by atoms with Crippen LogP contribution >= 0.6 is 0 Å². The van der Waals surface area contributed by atoms with Crippen LogP contribution in [-0.4, -0.2) is 37.9 Å². The molecule has 1 heterocycles. The van der Waals surface area contributed by atoms with E-state index < -0.39 is 0 Å². The van der Waals surface area contributed by atoms with Crippen LogP contribution in [0, 0.1) is 5.82 Å². The molecule has 2 aromatic rings. The van der Waals surface area contributed by atoms with E-state index in [2.05, 4.69) is 10.8 Å². The molecule has 0 bridgehead atoms. The Balaban J connectivity index is 0.000000511. The fourth-order valence-electron chi connectivity index (χ4n) is 2.00. The van der Waals surface area contributed by atoms with Gasteiger partial charge in [-0.3, -0.25) is 4.79 Å². The van der Waals surface area contributed by atoms with E-state index in [1.54, 1.807) is 37.4 Å². The molecule has 0 saturated heterocycles. The van der Waals surface area contributed by atoms with Crippen molar-refractivity contribution < 1.29 is 28.6 Å². The maximum Gasteiger partial charge on any atom is 0.206 e. The number of rotatable bonds is 5. The maximum atomic E-state index is 12.8. The number of halogens is 1. The Morgan fingerprint density at radius 2 is 1.92 bits per heavy atom. The number of hydrogen-bond donors (Lipinski definition) is 3. The maximum absolute atomic E-state index is 12.8. The highest BCUT2D eigenvalue weighted by molar-refractivity contribution is 5.47. The zero-order valence-corrected chi connectivity index (χ0v) is 13.6. The van der Waals surface area contributed by atoms with Crippen molar-refractivity contribution in [2.75, 3.05) is 20.2 Å². The first kappa shape index (κ1) is 18.5. The third-order valence-corrected chi connectivity index (χ3v) is 3.12. The molecule has 1 atom stereocenters. The fourth-order valence-corrected chi connectivity index (χ4v) is 2.00. The lowest BCUT2D eigenvalue weighted by Gasteiger charge is -2.26. The van der Waals surface area contributed by atoms with Gasteiger partial charge in [-0.2, -0.15) is 0 Å². The Morgan fingerprint density at radius 1 is 1.24 bits per heavy atom. The number of amides is 1. The molecule has 7 nitrogen and oxygen atoms in total. The number of nitrogens with one attached hydrogen (secondary N) is 2. The number of carbonyl (C=O) groups is 1. The van der Waals surface area contributed by atoms with Gasteiger partial charge >= 0.3 is 0 Å².